The standard InChI is InChI=1S/C14H26N2O4/c1-4-14(5-2,20-3)10-15-13(19)16-8-6-7-11(9-16)12(17)18/h11H,4-10H2,1-3H3,(H,15,19)(H,17,18). The molecule has 1 unspecified atom stereocenters. The minimum absolute atomic E-state index is 0.195. The van der Waals surface area contributed by atoms with Crippen LogP contribution in [0, 0.1) is 5.92 Å². The van der Waals surface area contributed by atoms with Crippen molar-refractivity contribution in [1.82, 2.24) is 10.2 Å². The molecule has 1 rings (SSSR count). The first kappa shape index (κ1) is 16.8. The number of likely N-dealkylation sites (tertiary alicyclic amines) is 1. The molecule has 1 aliphatic rings. The molecule has 0 aromatic carbocycles. The number of ether oxygens (including phenoxy) is 1. The maximum absolute atomic E-state index is 12.1. The molecular weight excluding hydrogens is 260 g/mol. The lowest BCUT2D eigenvalue weighted by molar-refractivity contribution is -0.143. The molecule has 20 heavy (non-hydrogen) atoms. The van der Waals surface area contributed by atoms with Crippen molar-refractivity contribution >= 4 is 12.0 Å². The third kappa shape index (κ3) is 4.10. The fourth-order valence-corrected chi connectivity index (χ4v) is 2.57. The SMILES string of the molecule is CCC(CC)(CNC(=O)N1CCCC(C(=O)O)C1)OC. The summed E-state index contributed by atoms with van der Waals surface area (Å²) in [4.78, 5) is 24.7. The predicted octanol–water partition coefficient (Wildman–Crippen LogP) is 1.70. The summed E-state index contributed by atoms with van der Waals surface area (Å²) < 4.78 is 5.51. The number of carboxylic acids is 1. The van der Waals surface area contributed by atoms with Crippen molar-refractivity contribution in [3.8, 4) is 0 Å². The Morgan fingerprint density at radius 2 is 2.05 bits per heavy atom. The second-order valence-electron chi connectivity index (χ2n) is 5.38. The molecular formula is C14H26N2O4. The average Bonchev–Trinajstić information content (AvgIpc) is 2.49. The van der Waals surface area contributed by atoms with Gasteiger partial charge in [-0.3, -0.25) is 4.79 Å². The van der Waals surface area contributed by atoms with Crippen molar-refractivity contribution in [2.24, 2.45) is 5.92 Å². The molecule has 0 aliphatic carbocycles. The van der Waals surface area contributed by atoms with Crippen LogP contribution in [0.3, 0.4) is 0 Å². The second kappa shape index (κ2) is 7.47. The maximum atomic E-state index is 12.1. The van der Waals surface area contributed by atoms with E-state index in [-0.39, 0.29) is 11.6 Å². The number of carbonyl (C=O) groups excluding carboxylic acids is 1. The summed E-state index contributed by atoms with van der Waals surface area (Å²) in [5.74, 6) is -1.27. The molecule has 0 aromatic heterocycles. The lowest BCUT2D eigenvalue weighted by atomic mass is 9.97. The number of hydrogen-bond acceptors (Lipinski definition) is 3. The highest BCUT2D eigenvalue weighted by molar-refractivity contribution is 5.76. The van der Waals surface area contributed by atoms with Gasteiger partial charge in [0, 0.05) is 26.7 Å². The third-order valence-corrected chi connectivity index (χ3v) is 4.34. The number of urea groups is 1. The molecule has 1 saturated heterocycles. The molecule has 0 bridgehead atoms. The van der Waals surface area contributed by atoms with Crippen LogP contribution in [0.25, 0.3) is 0 Å². The Balaban J connectivity index is 2.52. The van der Waals surface area contributed by atoms with Crippen molar-refractivity contribution < 1.29 is 19.4 Å². The number of nitrogens with zero attached hydrogens (tertiary/aromatic N) is 1. The molecule has 1 fully saturated rings. The summed E-state index contributed by atoms with van der Waals surface area (Å²) >= 11 is 0. The Morgan fingerprint density at radius 3 is 2.55 bits per heavy atom. The van der Waals surface area contributed by atoms with Crippen LogP contribution in [0.2, 0.25) is 0 Å². The van der Waals surface area contributed by atoms with E-state index in [1.54, 1.807) is 12.0 Å². The van der Waals surface area contributed by atoms with E-state index in [9.17, 15) is 9.59 Å². The molecule has 0 saturated carbocycles. The van der Waals surface area contributed by atoms with Gasteiger partial charge in [-0.2, -0.15) is 0 Å². The average molecular weight is 286 g/mol. The highest BCUT2D eigenvalue weighted by Crippen LogP contribution is 2.19. The van der Waals surface area contributed by atoms with Gasteiger partial charge in [0.1, 0.15) is 0 Å². The number of rotatable bonds is 6. The zero-order chi connectivity index (χ0) is 15.2. The summed E-state index contributed by atoms with van der Waals surface area (Å²) in [6, 6.07) is -0.195. The van der Waals surface area contributed by atoms with E-state index < -0.39 is 11.9 Å². The molecule has 1 heterocycles. The minimum Gasteiger partial charge on any atom is -0.481 e. The number of carboxylic acid groups (broad SMARTS) is 1. The topological polar surface area (TPSA) is 78.9 Å². The fourth-order valence-electron chi connectivity index (χ4n) is 2.57. The molecule has 1 aliphatic heterocycles. The van der Waals surface area contributed by atoms with Gasteiger partial charge in [0.05, 0.1) is 11.5 Å². The summed E-state index contributed by atoms with van der Waals surface area (Å²) in [6.07, 6.45) is 3.02. The van der Waals surface area contributed by atoms with Gasteiger partial charge in [-0.05, 0) is 25.7 Å². The number of hydrogen-bond donors (Lipinski definition) is 2. The van der Waals surface area contributed by atoms with E-state index in [1.165, 1.54) is 0 Å². The molecule has 0 radical (unpaired) electrons. The highest BCUT2D eigenvalue weighted by Gasteiger charge is 2.30. The number of methoxy groups -OCH3 is 1. The Kier molecular flexibility index (Phi) is 6.26. The van der Waals surface area contributed by atoms with Crippen molar-refractivity contribution in [3.05, 3.63) is 0 Å². The number of piperidine rings is 1. The number of amides is 2. The van der Waals surface area contributed by atoms with Crippen LogP contribution in [-0.2, 0) is 9.53 Å². The van der Waals surface area contributed by atoms with E-state index >= 15 is 0 Å². The molecule has 6 nitrogen and oxygen atoms in total. The van der Waals surface area contributed by atoms with Gasteiger partial charge in [-0.15, -0.1) is 0 Å². The van der Waals surface area contributed by atoms with Gasteiger partial charge < -0.3 is 20.1 Å². The van der Waals surface area contributed by atoms with Gasteiger partial charge in [0.2, 0.25) is 0 Å². The van der Waals surface area contributed by atoms with Crippen LogP contribution < -0.4 is 5.32 Å². The van der Waals surface area contributed by atoms with Gasteiger partial charge in [-0.25, -0.2) is 4.79 Å². The zero-order valence-electron chi connectivity index (χ0n) is 12.6. The monoisotopic (exact) mass is 286 g/mol. The lowest BCUT2D eigenvalue weighted by Crippen LogP contribution is -2.51. The summed E-state index contributed by atoms with van der Waals surface area (Å²) in [6.45, 7) is 5.41. The molecule has 1 atom stereocenters. The summed E-state index contributed by atoms with van der Waals surface area (Å²) in [5, 5.41) is 11.9. The number of nitrogens with one attached hydrogen (secondary N) is 1. The number of carbonyl (C=O) groups is 2. The molecule has 0 spiro atoms. The first-order valence-electron chi connectivity index (χ1n) is 7.28. The van der Waals surface area contributed by atoms with Crippen LogP contribution in [0.15, 0.2) is 0 Å². The van der Waals surface area contributed by atoms with E-state index in [1.807, 2.05) is 13.8 Å². The summed E-state index contributed by atoms with van der Waals surface area (Å²) in [5.41, 5.74) is -0.336. The Labute approximate surface area is 120 Å². The fraction of sp³-hybridized carbons (Fsp3) is 0.857. The van der Waals surface area contributed by atoms with Crippen LogP contribution >= 0.6 is 0 Å². The van der Waals surface area contributed by atoms with Gasteiger partial charge in [0.25, 0.3) is 0 Å². The third-order valence-electron chi connectivity index (χ3n) is 4.34. The minimum atomic E-state index is -0.823. The highest BCUT2D eigenvalue weighted by atomic mass is 16.5. The predicted molar refractivity (Wildman–Crippen MR) is 75.7 cm³/mol. The van der Waals surface area contributed by atoms with E-state index in [0.717, 1.165) is 19.3 Å². The molecule has 116 valence electrons. The molecule has 2 amide bonds. The maximum Gasteiger partial charge on any atom is 0.317 e. The van der Waals surface area contributed by atoms with Gasteiger partial charge in [0.15, 0.2) is 0 Å². The molecule has 2 N–H and O–H groups in total. The lowest BCUT2D eigenvalue weighted by Gasteiger charge is -2.34. The van der Waals surface area contributed by atoms with Crippen LogP contribution in [-0.4, -0.2) is 54.4 Å². The Hall–Kier alpha value is -1.30. The van der Waals surface area contributed by atoms with Crippen molar-refractivity contribution in [1.29, 1.82) is 0 Å². The van der Waals surface area contributed by atoms with Crippen molar-refractivity contribution in [2.45, 2.75) is 45.1 Å². The Bertz CT molecular complexity index is 334. The van der Waals surface area contributed by atoms with Crippen LogP contribution in [0.4, 0.5) is 4.79 Å². The zero-order valence-corrected chi connectivity index (χ0v) is 12.6. The van der Waals surface area contributed by atoms with Crippen LogP contribution in [0.5, 0.6) is 0 Å². The quantitative estimate of drug-likeness (QED) is 0.779. The normalized spacial score (nSPS) is 19.8. The van der Waals surface area contributed by atoms with Crippen molar-refractivity contribution in [2.75, 3.05) is 26.7 Å². The van der Waals surface area contributed by atoms with Gasteiger partial charge in [-0.1, -0.05) is 13.8 Å². The first-order chi connectivity index (χ1) is 9.48. The van der Waals surface area contributed by atoms with Gasteiger partial charge >= 0.3 is 12.0 Å². The molecule has 6 heteroatoms. The smallest absolute Gasteiger partial charge is 0.317 e. The first-order valence-corrected chi connectivity index (χ1v) is 7.28. The number of aliphatic carboxylic acids is 1. The van der Waals surface area contributed by atoms with Crippen LogP contribution in [0.1, 0.15) is 39.5 Å². The van der Waals surface area contributed by atoms with E-state index in [2.05, 4.69) is 5.32 Å². The Morgan fingerprint density at radius 1 is 1.40 bits per heavy atom. The van der Waals surface area contributed by atoms with E-state index in [4.69, 9.17) is 9.84 Å². The van der Waals surface area contributed by atoms with Crippen molar-refractivity contribution in [3.63, 3.8) is 0 Å². The second-order valence-corrected chi connectivity index (χ2v) is 5.38. The van der Waals surface area contributed by atoms with E-state index in [0.29, 0.717) is 26.1 Å². The molecule has 0 aromatic rings. The largest absolute Gasteiger partial charge is 0.481 e. The summed E-state index contributed by atoms with van der Waals surface area (Å²) in [7, 11) is 1.65.